The zero-order chi connectivity index (χ0) is 25.8. The van der Waals surface area contributed by atoms with E-state index in [0.717, 1.165) is 17.1 Å². The molecule has 2 aliphatic heterocycles. The molecule has 2 aromatic rings. The van der Waals surface area contributed by atoms with Gasteiger partial charge in [0.25, 0.3) is 11.8 Å². The average Bonchev–Trinajstić information content (AvgIpc) is 3.30. The van der Waals surface area contributed by atoms with E-state index in [9.17, 15) is 24.6 Å². The number of aliphatic carboxylic acids is 1. The summed E-state index contributed by atoms with van der Waals surface area (Å²) in [4.78, 5) is 47.5. The number of nitrogen functional groups attached to an aromatic ring is 1. The lowest BCUT2D eigenvalue weighted by molar-refractivity contribution is -0.687. The molecule has 36 heavy (non-hydrogen) atoms. The van der Waals surface area contributed by atoms with Crippen LogP contribution in [0.5, 0.6) is 0 Å². The first-order valence-electron chi connectivity index (χ1n) is 10.5. The van der Waals surface area contributed by atoms with Crippen molar-refractivity contribution in [2.75, 3.05) is 18.6 Å². The molecule has 0 aromatic carbocycles. The Balaban J connectivity index is 1.48. The predicted molar refractivity (Wildman–Crippen MR) is 129 cm³/mol. The number of nitrogens with zero attached hydrogens (tertiary/aromatic N) is 5. The first-order valence-corrected chi connectivity index (χ1v) is 12.3. The fourth-order valence-corrected chi connectivity index (χ4v) is 5.44. The van der Waals surface area contributed by atoms with Crippen LogP contribution >= 0.6 is 23.3 Å². The van der Waals surface area contributed by atoms with E-state index in [4.69, 9.17) is 10.6 Å². The first kappa shape index (κ1) is 25.3. The number of thioether (sulfide) groups is 1. The fraction of sp³-hybridized carbons (Fsp3) is 0.286. The van der Waals surface area contributed by atoms with Gasteiger partial charge in [-0.05, 0) is 17.7 Å². The Bertz CT molecular complexity index is 1290. The number of pyridine rings is 1. The molecule has 0 radical (unpaired) electrons. The molecule has 188 valence electrons. The van der Waals surface area contributed by atoms with Gasteiger partial charge in [-0.2, -0.15) is 9.36 Å². The van der Waals surface area contributed by atoms with Gasteiger partial charge in [0.15, 0.2) is 24.1 Å². The summed E-state index contributed by atoms with van der Waals surface area (Å²) >= 11 is 2.21. The van der Waals surface area contributed by atoms with E-state index in [1.165, 1.54) is 23.8 Å². The molecule has 2 aromatic heterocycles. The number of aromatic nitrogens is 3. The van der Waals surface area contributed by atoms with Crippen LogP contribution in [0, 0.1) is 0 Å². The summed E-state index contributed by atoms with van der Waals surface area (Å²) < 4.78 is 5.78. The maximum absolute atomic E-state index is 12.9. The molecule has 2 aliphatic rings. The normalized spacial score (nSPS) is 19.8. The molecule has 2 atom stereocenters. The highest BCUT2D eigenvalue weighted by molar-refractivity contribution is 8.00. The highest BCUT2D eigenvalue weighted by atomic mass is 32.2. The molecule has 4 rings (SSSR count). The number of fused-ring (bicyclic) bond motifs is 1. The molecule has 1 saturated heterocycles. The molecule has 0 spiro atoms. The third-order valence-electron chi connectivity index (χ3n) is 5.28. The van der Waals surface area contributed by atoms with Crippen molar-refractivity contribution in [2.45, 2.75) is 24.6 Å². The number of amides is 2. The lowest BCUT2D eigenvalue weighted by Crippen LogP contribution is -2.71. The van der Waals surface area contributed by atoms with E-state index in [1.54, 1.807) is 30.5 Å². The van der Waals surface area contributed by atoms with Gasteiger partial charge in [-0.3, -0.25) is 14.5 Å². The van der Waals surface area contributed by atoms with Gasteiger partial charge in [0.2, 0.25) is 11.5 Å². The van der Waals surface area contributed by atoms with Gasteiger partial charge in [-0.15, -0.1) is 11.8 Å². The van der Waals surface area contributed by atoms with Crippen molar-refractivity contribution in [3.05, 3.63) is 59.3 Å². The topological polar surface area (TPSA) is 184 Å². The highest BCUT2D eigenvalue weighted by Gasteiger charge is 2.54. The molecule has 5 N–H and O–H groups in total. The van der Waals surface area contributed by atoms with E-state index in [0.29, 0.717) is 17.9 Å². The van der Waals surface area contributed by atoms with Crippen LogP contribution in [0.15, 0.2) is 53.1 Å². The van der Waals surface area contributed by atoms with E-state index < -0.39 is 29.2 Å². The number of carbonyl (C=O) groups is 3. The van der Waals surface area contributed by atoms with Crippen LogP contribution in [0.2, 0.25) is 0 Å². The third kappa shape index (κ3) is 5.07. The second-order valence-electron chi connectivity index (χ2n) is 7.59. The number of hydrogen-bond donors (Lipinski definition) is 4. The monoisotopic (exact) mass is 532 g/mol. The Morgan fingerprint density at radius 3 is 2.94 bits per heavy atom. The van der Waals surface area contributed by atoms with Crippen molar-refractivity contribution in [1.82, 2.24) is 19.6 Å². The molecule has 0 aliphatic carbocycles. The summed E-state index contributed by atoms with van der Waals surface area (Å²) in [6.45, 7) is 0.362. The Hall–Kier alpha value is -3.82. The minimum atomic E-state index is -1.24. The number of β-lactam (4-membered cyclic amide) rings is 1. The van der Waals surface area contributed by atoms with Crippen molar-refractivity contribution in [1.29, 1.82) is 0 Å². The van der Waals surface area contributed by atoms with Crippen LogP contribution < -0.4 is 15.6 Å². The number of carboxylic acid groups (broad SMARTS) is 1. The Morgan fingerprint density at radius 1 is 1.47 bits per heavy atom. The molecule has 0 saturated carbocycles. The van der Waals surface area contributed by atoms with Gasteiger partial charge in [-0.1, -0.05) is 11.2 Å². The SMILES string of the molecule is CON=C(C(=O)NC1C(=O)N2C(C(=O)O)=C(C=CC[n+]3cccc(CO)c3)CS[C@@H]12)c1nsc(N)n1. The maximum Gasteiger partial charge on any atom is 0.352 e. The molecule has 4 heterocycles. The van der Waals surface area contributed by atoms with E-state index in [2.05, 4.69) is 19.8 Å². The summed E-state index contributed by atoms with van der Waals surface area (Å²) in [6.07, 6.45) is 7.06. The average molecular weight is 533 g/mol. The second kappa shape index (κ2) is 10.8. The molecular weight excluding hydrogens is 510 g/mol. The summed E-state index contributed by atoms with van der Waals surface area (Å²) in [7, 11) is 1.25. The van der Waals surface area contributed by atoms with Gasteiger partial charge >= 0.3 is 5.97 Å². The lowest BCUT2D eigenvalue weighted by Gasteiger charge is -2.49. The van der Waals surface area contributed by atoms with Crippen LogP contribution in [0.25, 0.3) is 0 Å². The quantitative estimate of drug-likeness (QED) is 0.139. The van der Waals surface area contributed by atoms with Crippen molar-refractivity contribution >= 4 is 51.9 Å². The fourth-order valence-electron chi connectivity index (χ4n) is 3.69. The Labute approximate surface area is 213 Å². The van der Waals surface area contributed by atoms with E-state index in [-0.39, 0.29) is 29.0 Å². The van der Waals surface area contributed by atoms with Crippen LogP contribution in [0.1, 0.15) is 11.4 Å². The van der Waals surface area contributed by atoms with Gasteiger partial charge in [0.1, 0.15) is 24.2 Å². The predicted octanol–water partition coefficient (Wildman–Crippen LogP) is -0.754. The van der Waals surface area contributed by atoms with Gasteiger partial charge in [0.05, 0.1) is 6.61 Å². The lowest BCUT2D eigenvalue weighted by atomic mass is 10.0. The summed E-state index contributed by atoms with van der Waals surface area (Å²) in [5, 5.41) is 24.9. The number of allylic oxidation sites excluding steroid dienone is 2. The summed E-state index contributed by atoms with van der Waals surface area (Å²) in [5.74, 6) is -2.27. The van der Waals surface area contributed by atoms with Gasteiger partial charge in [0, 0.05) is 28.9 Å². The summed E-state index contributed by atoms with van der Waals surface area (Å²) in [5.41, 5.74) is 6.42. The molecule has 13 nitrogen and oxygen atoms in total. The summed E-state index contributed by atoms with van der Waals surface area (Å²) in [6, 6.07) is 2.63. The van der Waals surface area contributed by atoms with Gasteiger partial charge < -0.3 is 26.1 Å². The number of rotatable bonds is 9. The van der Waals surface area contributed by atoms with Crippen molar-refractivity contribution in [3.63, 3.8) is 0 Å². The largest absolute Gasteiger partial charge is 0.477 e. The molecular formula is C21H22N7O6S2+. The van der Waals surface area contributed by atoms with Gasteiger partial charge in [-0.25, -0.2) is 9.36 Å². The highest BCUT2D eigenvalue weighted by Crippen LogP contribution is 2.40. The standard InChI is InChI=1S/C21H21N7O6S2/c1-34-25-13(16-24-21(22)36-26-16)17(30)23-14-18(31)28-15(20(32)33)12(10-35-19(14)28)5-3-7-27-6-2-4-11(8-27)9-29/h2-6,8,14,19,29H,7,9-10H2,1H3,(H3-,22,23,24,26,30,32,33)/p+1/t14?,19-/m0/s1. The molecule has 15 heteroatoms. The zero-order valence-electron chi connectivity index (χ0n) is 18.9. The zero-order valence-corrected chi connectivity index (χ0v) is 20.5. The minimum Gasteiger partial charge on any atom is -0.477 e. The maximum atomic E-state index is 12.9. The van der Waals surface area contributed by atoms with Crippen LogP contribution in [0.3, 0.4) is 0 Å². The van der Waals surface area contributed by atoms with Crippen molar-refractivity contribution in [2.24, 2.45) is 5.16 Å². The van der Waals surface area contributed by atoms with Crippen LogP contribution in [-0.2, 0) is 32.4 Å². The number of aliphatic hydroxyl groups excluding tert-OH is 1. The third-order valence-corrected chi connectivity index (χ3v) is 7.12. The van der Waals surface area contributed by atoms with Crippen molar-refractivity contribution in [3.8, 4) is 0 Å². The number of carboxylic acids is 1. The first-order chi connectivity index (χ1) is 17.3. The number of nitrogens with one attached hydrogen (secondary N) is 1. The minimum absolute atomic E-state index is 0.0438. The van der Waals surface area contributed by atoms with Crippen LogP contribution in [0.4, 0.5) is 5.13 Å². The second-order valence-corrected chi connectivity index (χ2v) is 9.48. The number of aliphatic hydroxyl groups is 1. The van der Waals surface area contributed by atoms with E-state index in [1.807, 2.05) is 10.8 Å². The molecule has 0 bridgehead atoms. The number of carbonyl (C=O) groups excluding carboxylic acids is 2. The number of nitrogens with two attached hydrogens (primary N) is 1. The van der Waals surface area contributed by atoms with E-state index >= 15 is 0 Å². The number of hydrogen-bond acceptors (Lipinski definition) is 11. The number of oxime groups is 1. The Kier molecular flexibility index (Phi) is 7.61. The number of anilines is 1. The Morgan fingerprint density at radius 2 is 2.28 bits per heavy atom. The van der Waals surface area contributed by atoms with Crippen molar-refractivity contribution < 1.29 is 34.0 Å². The van der Waals surface area contributed by atoms with Crippen LogP contribution in [-0.4, -0.2) is 72.2 Å². The smallest absolute Gasteiger partial charge is 0.352 e. The molecule has 1 fully saturated rings. The molecule has 2 amide bonds. The molecule has 1 unspecified atom stereocenters.